The fraction of sp³-hybridized carbons (Fsp3) is 0.571. The van der Waals surface area contributed by atoms with Gasteiger partial charge in [0.25, 0.3) is 0 Å². The van der Waals surface area contributed by atoms with Crippen LogP contribution in [-0.2, 0) is 20.9 Å². The molecule has 2 saturated heterocycles. The van der Waals surface area contributed by atoms with Crippen molar-refractivity contribution in [2.24, 2.45) is 11.3 Å². The Hall–Kier alpha value is -1.65. The van der Waals surface area contributed by atoms with Crippen molar-refractivity contribution in [2.45, 2.75) is 51.9 Å². The smallest absolute Gasteiger partial charge is 0.152 e. The van der Waals surface area contributed by atoms with Gasteiger partial charge in [0.15, 0.2) is 5.78 Å². The molecule has 4 nitrogen and oxygen atoms in total. The van der Waals surface area contributed by atoms with Crippen molar-refractivity contribution < 1.29 is 19.0 Å². The Morgan fingerprint density at radius 3 is 2.68 bits per heavy atom. The molecule has 0 radical (unpaired) electrons. The van der Waals surface area contributed by atoms with Crippen LogP contribution in [0.2, 0.25) is 0 Å². The number of ether oxygens (including phenoxy) is 3. The van der Waals surface area contributed by atoms with Crippen molar-refractivity contribution in [1.29, 1.82) is 0 Å². The Labute approximate surface area is 150 Å². The van der Waals surface area contributed by atoms with Crippen LogP contribution in [0.25, 0.3) is 0 Å². The largest absolute Gasteiger partial charge is 0.497 e. The van der Waals surface area contributed by atoms with Crippen LogP contribution in [0.1, 0.15) is 39.2 Å². The van der Waals surface area contributed by atoms with E-state index in [1.165, 1.54) is 0 Å². The number of methoxy groups -OCH3 is 1. The molecule has 2 heterocycles. The third-order valence-corrected chi connectivity index (χ3v) is 5.70. The highest BCUT2D eigenvalue weighted by atomic mass is 16.6. The molecule has 0 spiro atoms. The zero-order chi connectivity index (χ0) is 18.1. The lowest BCUT2D eigenvalue weighted by molar-refractivity contribution is -0.112. The van der Waals surface area contributed by atoms with Crippen LogP contribution in [-0.4, -0.2) is 31.2 Å². The minimum atomic E-state index is -0.313. The van der Waals surface area contributed by atoms with Crippen LogP contribution in [0.5, 0.6) is 5.75 Å². The zero-order valence-corrected chi connectivity index (χ0v) is 15.6. The fourth-order valence-corrected chi connectivity index (χ4v) is 4.32. The molecule has 2 fully saturated rings. The first-order valence-electron chi connectivity index (χ1n) is 8.95. The second-order valence-electron chi connectivity index (χ2n) is 7.82. The maximum Gasteiger partial charge on any atom is 0.152 e. The summed E-state index contributed by atoms with van der Waals surface area (Å²) in [6.07, 6.45) is 6.00. The van der Waals surface area contributed by atoms with Gasteiger partial charge >= 0.3 is 0 Å². The van der Waals surface area contributed by atoms with Crippen LogP contribution in [0.3, 0.4) is 0 Å². The Bertz CT molecular complexity index is 646. The summed E-state index contributed by atoms with van der Waals surface area (Å²) in [4.78, 5) is 11.4. The van der Waals surface area contributed by atoms with E-state index in [2.05, 4.69) is 13.8 Å². The van der Waals surface area contributed by atoms with Crippen LogP contribution >= 0.6 is 0 Å². The van der Waals surface area contributed by atoms with Crippen molar-refractivity contribution in [1.82, 2.24) is 0 Å². The van der Waals surface area contributed by atoms with Gasteiger partial charge in [-0.05, 0) is 43.5 Å². The summed E-state index contributed by atoms with van der Waals surface area (Å²) in [6.45, 7) is 7.15. The maximum absolute atomic E-state index is 11.4. The summed E-state index contributed by atoms with van der Waals surface area (Å²) in [7, 11) is 1.66. The second-order valence-corrected chi connectivity index (χ2v) is 7.82. The molecule has 2 aliphatic rings. The molecule has 0 unspecified atom stereocenters. The number of rotatable bonds is 7. The van der Waals surface area contributed by atoms with Gasteiger partial charge in [-0.3, -0.25) is 4.79 Å². The van der Waals surface area contributed by atoms with Gasteiger partial charge in [0.05, 0.1) is 32.0 Å². The molecule has 136 valence electrons. The van der Waals surface area contributed by atoms with Crippen molar-refractivity contribution in [2.75, 3.05) is 13.7 Å². The predicted molar refractivity (Wildman–Crippen MR) is 96.6 cm³/mol. The number of fused-ring (bicyclic) bond motifs is 2. The molecule has 2 aliphatic heterocycles. The molecule has 0 aliphatic carbocycles. The monoisotopic (exact) mass is 344 g/mol. The number of hydrogen-bond acceptors (Lipinski definition) is 4. The molecular formula is C21H28O4. The van der Waals surface area contributed by atoms with Gasteiger partial charge in [0.1, 0.15) is 5.75 Å². The first kappa shape index (κ1) is 18.2. The van der Waals surface area contributed by atoms with Gasteiger partial charge in [-0.2, -0.15) is 0 Å². The maximum atomic E-state index is 11.4. The summed E-state index contributed by atoms with van der Waals surface area (Å²) in [5.74, 6) is 1.11. The van der Waals surface area contributed by atoms with Crippen molar-refractivity contribution in [3.63, 3.8) is 0 Å². The lowest BCUT2D eigenvalue weighted by Gasteiger charge is -2.39. The lowest BCUT2D eigenvalue weighted by atomic mass is 9.63. The van der Waals surface area contributed by atoms with Crippen LogP contribution in [0.15, 0.2) is 36.4 Å². The highest BCUT2D eigenvalue weighted by Crippen LogP contribution is 2.58. The molecule has 0 N–H and O–H groups in total. The van der Waals surface area contributed by atoms with E-state index >= 15 is 0 Å². The topological polar surface area (TPSA) is 44.8 Å². The van der Waals surface area contributed by atoms with E-state index in [-0.39, 0.29) is 28.8 Å². The van der Waals surface area contributed by atoms with Gasteiger partial charge in [-0.25, -0.2) is 0 Å². The molecular weight excluding hydrogens is 316 g/mol. The number of carbonyl (C=O) groups excluding carboxylic acids is 1. The molecule has 0 aromatic heterocycles. The fourth-order valence-electron chi connectivity index (χ4n) is 4.32. The number of hydrogen-bond donors (Lipinski definition) is 0. The Morgan fingerprint density at radius 1 is 1.32 bits per heavy atom. The first-order chi connectivity index (χ1) is 11.9. The minimum absolute atomic E-state index is 0.0215. The third kappa shape index (κ3) is 3.51. The predicted octanol–water partition coefficient (Wildman–Crippen LogP) is 3.93. The zero-order valence-electron chi connectivity index (χ0n) is 15.6. The van der Waals surface area contributed by atoms with Crippen LogP contribution < -0.4 is 4.74 Å². The molecule has 0 saturated carbocycles. The van der Waals surface area contributed by atoms with Gasteiger partial charge in [0, 0.05) is 11.3 Å². The third-order valence-electron chi connectivity index (χ3n) is 5.70. The molecule has 4 heteroatoms. The van der Waals surface area contributed by atoms with E-state index in [4.69, 9.17) is 14.2 Å². The number of ketones is 1. The second kappa shape index (κ2) is 6.93. The summed E-state index contributed by atoms with van der Waals surface area (Å²) in [6, 6.07) is 7.91. The molecule has 1 aromatic carbocycles. The summed E-state index contributed by atoms with van der Waals surface area (Å²) < 4.78 is 17.6. The van der Waals surface area contributed by atoms with E-state index in [1.54, 1.807) is 20.1 Å². The average Bonchev–Trinajstić information content (AvgIpc) is 3.08. The molecule has 0 amide bonds. The minimum Gasteiger partial charge on any atom is -0.497 e. The Balaban J connectivity index is 1.67. The standard InChI is InChI=1S/C21H28O4/c1-15(22)5-10-18-20(2,3)19-11-12-21(18,25-19)14-24-13-16-6-8-17(23-4)9-7-16/h5-10,18-19H,11-14H2,1-4H3/b10-5+/t18-,19+,21+/m0/s1. The van der Waals surface area contributed by atoms with Crippen molar-refractivity contribution >= 4 is 5.78 Å². The number of allylic oxidation sites excluding steroid dienone is 1. The van der Waals surface area contributed by atoms with E-state index in [1.807, 2.05) is 30.3 Å². The molecule has 3 rings (SSSR count). The number of benzene rings is 1. The molecule has 1 aromatic rings. The average molecular weight is 344 g/mol. The van der Waals surface area contributed by atoms with Crippen LogP contribution in [0.4, 0.5) is 0 Å². The van der Waals surface area contributed by atoms with Crippen molar-refractivity contribution in [3.8, 4) is 5.75 Å². The van der Waals surface area contributed by atoms with E-state index in [0.29, 0.717) is 13.2 Å². The molecule has 3 atom stereocenters. The first-order valence-corrected chi connectivity index (χ1v) is 8.95. The summed E-state index contributed by atoms with van der Waals surface area (Å²) in [5.41, 5.74) is 0.820. The normalized spacial score (nSPS) is 30.1. The summed E-state index contributed by atoms with van der Waals surface area (Å²) in [5, 5.41) is 0. The van der Waals surface area contributed by atoms with E-state index < -0.39 is 0 Å². The summed E-state index contributed by atoms with van der Waals surface area (Å²) >= 11 is 0. The van der Waals surface area contributed by atoms with Crippen molar-refractivity contribution in [3.05, 3.63) is 42.0 Å². The van der Waals surface area contributed by atoms with Crippen LogP contribution in [0, 0.1) is 11.3 Å². The quantitative estimate of drug-likeness (QED) is 0.703. The Morgan fingerprint density at radius 2 is 2.04 bits per heavy atom. The van der Waals surface area contributed by atoms with E-state index in [0.717, 1.165) is 24.2 Å². The number of carbonyl (C=O) groups is 1. The highest BCUT2D eigenvalue weighted by Gasteiger charge is 2.62. The highest BCUT2D eigenvalue weighted by molar-refractivity contribution is 5.87. The Kier molecular flexibility index (Phi) is 5.03. The molecule has 2 bridgehead atoms. The van der Waals surface area contributed by atoms with Gasteiger partial charge in [-0.15, -0.1) is 0 Å². The van der Waals surface area contributed by atoms with Gasteiger partial charge in [-0.1, -0.05) is 32.1 Å². The lowest BCUT2D eigenvalue weighted by Crippen LogP contribution is -2.44. The van der Waals surface area contributed by atoms with Gasteiger partial charge in [0.2, 0.25) is 0 Å². The SMILES string of the molecule is COc1ccc(COC[C@@]23CC[C@@H](O2)C(C)(C)[C@@H]3/C=C/C(C)=O)cc1. The van der Waals surface area contributed by atoms with Gasteiger partial charge < -0.3 is 14.2 Å². The molecule has 25 heavy (non-hydrogen) atoms. The van der Waals surface area contributed by atoms with E-state index in [9.17, 15) is 4.79 Å².